The summed E-state index contributed by atoms with van der Waals surface area (Å²) >= 11 is 1.67. The first kappa shape index (κ1) is 11.2. The Bertz CT molecular complexity index is 405. The molecule has 17 heavy (non-hydrogen) atoms. The molecule has 2 fully saturated rings. The van der Waals surface area contributed by atoms with E-state index in [0.717, 1.165) is 18.0 Å². The number of hydrogen-bond donors (Lipinski definition) is 1. The van der Waals surface area contributed by atoms with Crippen LogP contribution < -0.4 is 5.32 Å². The molecule has 0 unspecified atom stereocenters. The largest absolute Gasteiger partial charge is 0.302 e. The molecule has 1 aromatic rings. The number of rotatable bonds is 3. The van der Waals surface area contributed by atoms with Gasteiger partial charge in [-0.3, -0.25) is 4.79 Å². The fourth-order valence-electron chi connectivity index (χ4n) is 2.47. The van der Waals surface area contributed by atoms with Crippen LogP contribution in [0.4, 0.5) is 5.13 Å². The van der Waals surface area contributed by atoms with Gasteiger partial charge in [0.25, 0.3) is 0 Å². The maximum atomic E-state index is 11.6. The zero-order valence-electron chi connectivity index (χ0n) is 9.95. The van der Waals surface area contributed by atoms with E-state index in [-0.39, 0.29) is 11.8 Å². The number of aromatic nitrogens is 1. The smallest absolute Gasteiger partial charge is 0.229 e. The quantitative estimate of drug-likeness (QED) is 0.891. The summed E-state index contributed by atoms with van der Waals surface area (Å²) < 4.78 is 0. The summed E-state index contributed by atoms with van der Waals surface area (Å²) in [6.45, 7) is 0. The molecule has 0 spiro atoms. The number of nitrogens with one attached hydrogen (secondary N) is 1. The Hall–Kier alpha value is -0.900. The van der Waals surface area contributed by atoms with Gasteiger partial charge in [-0.05, 0) is 31.6 Å². The Labute approximate surface area is 106 Å². The van der Waals surface area contributed by atoms with Gasteiger partial charge in [-0.1, -0.05) is 19.3 Å². The maximum absolute atomic E-state index is 11.6. The number of carbonyl (C=O) groups excluding carboxylic acids is 1. The third-order valence-corrected chi connectivity index (χ3v) is 4.78. The van der Waals surface area contributed by atoms with Crippen molar-refractivity contribution in [1.29, 1.82) is 0 Å². The zero-order valence-corrected chi connectivity index (χ0v) is 10.8. The topological polar surface area (TPSA) is 42.0 Å². The lowest BCUT2D eigenvalue weighted by molar-refractivity contribution is -0.117. The van der Waals surface area contributed by atoms with Gasteiger partial charge in [0.15, 0.2) is 5.13 Å². The summed E-state index contributed by atoms with van der Waals surface area (Å²) in [6.07, 6.45) is 10.7. The number of hydrogen-bond acceptors (Lipinski definition) is 3. The molecule has 2 aliphatic carbocycles. The number of thiazole rings is 1. The van der Waals surface area contributed by atoms with Gasteiger partial charge in [-0.2, -0.15) is 0 Å². The average molecular weight is 250 g/mol. The van der Waals surface area contributed by atoms with Gasteiger partial charge in [0.2, 0.25) is 5.91 Å². The molecule has 0 bridgehead atoms. The SMILES string of the molecule is O=C(Nc1ncc(C2CCCCC2)s1)C1CC1. The van der Waals surface area contributed by atoms with Crippen LogP contribution in [0.5, 0.6) is 0 Å². The lowest BCUT2D eigenvalue weighted by Crippen LogP contribution is -2.12. The summed E-state index contributed by atoms with van der Waals surface area (Å²) in [5, 5.41) is 3.73. The van der Waals surface area contributed by atoms with Crippen LogP contribution in [0.2, 0.25) is 0 Å². The van der Waals surface area contributed by atoms with E-state index in [9.17, 15) is 4.79 Å². The highest BCUT2D eigenvalue weighted by Gasteiger charge is 2.30. The monoisotopic (exact) mass is 250 g/mol. The first-order valence-corrected chi connectivity index (χ1v) is 7.41. The van der Waals surface area contributed by atoms with E-state index in [2.05, 4.69) is 10.3 Å². The van der Waals surface area contributed by atoms with Crippen molar-refractivity contribution in [3.05, 3.63) is 11.1 Å². The van der Waals surface area contributed by atoms with Crippen molar-refractivity contribution in [2.45, 2.75) is 50.9 Å². The third-order valence-electron chi connectivity index (χ3n) is 3.71. The van der Waals surface area contributed by atoms with Crippen molar-refractivity contribution in [3.63, 3.8) is 0 Å². The number of nitrogens with zero attached hydrogens (tertiary/aromatic N) is 1. The van der Waals surface area contributed by atoms with E-state index in [1.165, 1.54) is 37.0 Å². The van der Waals surface area contributed by atoms with Crippen LogP contribution in [0.1, 0.15) is 55.7 Å². The van der Waals surface area contributed by atoms with E-state index in [1.807, 2.05) is 6.20 Å². The molecule has 0 aromatic carbocycles. The second kappa shape index (κ2) is 4.77. The Kier molecular flexibility index (Phi) is 3.14. The molecule has 1 aromatic heterocycles. The van der Waals surface area contributed by atoms with Crippen molar-refractivity contribution in [1.82, 2.24) is 4.98 Å². The normalized spacial score (nSPS) is 21.4. The molecule has 92 valence electrons. The molecule has 1 N–H and O–H groups in total. The van der Waals surface area contributed by atoms with Gasteiger partial charge in [-0.25, -0.2) is 4.98 Å². The summed E-state index contributed by atoms with van der Waals surface area (Å²) in [4.78, 5) is 17.3. The van der Waals surface area contributed by atoms with Crippen LogP contribution in [0.3, 0.4) is 0 Å². The summed E-state index contributed by atoms with van der Waals surface area (Å²) in [7, 11) is 0. The Morgan fingerprint density at radius 1 is 1.24 bits per heavy atom. The van der Waals surface area contributed by atoms with Crippen molar-refractivity contribution in [2.24, 2.45) is 5.92 Å². The minimum atomic E-state index is 0.162. The summed E-state index contributed by atoms with van der Waals surface area (Å²) in [5.41, 5.74) is 0. The highest BCUT2D eigenvalue weighted by Crippen LogP contribution is 2.37. The molecule has 1 heterocycles. The van der Waals surface area contributed by atoms with Crippen molar-refractivity contribution in [2.75, 3.05) is 5.32 Å². The number of anilines is 1. The standard InChI is InChI=1S/C13H18N2OS/c16-12(10-6-7-10)15-13-14-8-11(17-13)9-4-2-1-3-5-9/h8-10H,1-7H2,(H,14,15,16). The van der Waals surface area contributed by atoms with Crippen LogP contribution in [0, 0.1) is 5.92 Å². The molecule has 3 rings (SSSR count). The maximum Gasteiger partial charge on any atom is 0.229 e. The van der Waals surface area contributed by atoms with E-state index < -0.39 is 0 Å². The second-order valence-electron chi connectivity index (χ2n) is 5.17. The van der Waals surface area contributed by atoms with Gasteiger partial charge in [0.05, 0.1) is 0 Å². The third kappa shape index (κ3) is 2.68. The number of carbonyl (C=O) groups is 1. The molecule has 2 saturated carbocycles. The van der Waals surface area contributed by atoms with E-state index in [1.54, 1.807) is 11.3 Å². The fourth-order valence-corrected chi connectivity index (χ4v) is 3.46. The van der Waals surface area contributed by atoms with Gasteiger partial charge in [0.1, 0.15) is 0 Å². The molecule has 3 nitrogen and oxygen atoms in total. The molecular formula is C13H18N2OS. The van der Waals surface area contributed by atoms with Gasteiger partial charge in [0, 0.05) is 17.0 Å². The first-order chi connectivity index (χ1) is 8.33. The minimum Gasteiger partial charge on any atom is -0.302 e. The van der Waals surface area contributed by atoms with Gasteiger partial charge in [-0.15, -0.1) is 11.3 Å². The molecular weight excluding hydrogens is 232 g/mol. The highest BCUT2D eigenvalue weighted by atomic mass is 32.1. The van der Waals surface area contributed by atoms with Gasteiger partial charge < -0.3 is 5.32 Å². The van der Waals surface area contributed by atoms with E-state index >= 15 is 0 Å². The average Bonchev–Trinajstić information content (AvgIpc) is 3.12. The number of amides is 1. The van der Waals surface area contributed by atoms with Crippen LogP contribution >= 0.6 is 11.3 Å². The van der Waals surface area contributed by atoms with Crippen molar-refractivity contribution in [3.8, 4) is 0 Å². The van der Waals surface area contributed by atoms with Crippen LogP contribution in [-0.2, 0) is 4.79 Å². The fraction of sp³-hybridized carbons (Fsp3) is 0.692. The Balaban J connectivity index is 1.62. The van der Waals surface area contributed by atoms with Crippen molar-refractivity contribution >= 4 is 22.4 Å². The minimum absolute atomic E-state index is 0.162. The molecule has 0 atom stereocenters. The van der Waals surface area contributed by atoms with E-state index in [4.69, 9.17) is 0 Å². The predicted molar refractivity (Wildman–Crippen MR) is 69.3 cm³/mol. The highest BCUT2D eigenvalue weighted by molar-refractivity contribution is 7.15. The molecule has 0 aliphatic heterocycles. The van der Waals surface area contributed by atoms with Crippen LogP contribution in [-0.4, -0.2) is 10.9 Å². The Morgan fingerprint density at radius 2 is 2.00 bits per heavy atom. The molecule has 0 radical (unpaired) electrons. The Morgan fingerprint density at radius 3 is 2.71 bits per heavy atom. The molecule has 2 aliphatic rings. The van der Waals surface area contributed by atoms with Gasteiger partial charge >= 0.3 is 0 Å². The summed E-state index contributed by atoms with van der Waals surface area (Å²) in [6, 6.07) is 0. The molecule has 1 amide bonds. The molecule has 0 saturated heterocycles. The lowest BCUT2D eigenvalue weighted by Gasteiger charge is -2.19. The second-order valence-corrected chi connectivity index (χ2v) is 6.23. The van der Waals surface area contributed by atoms with Crippen LogP contribution in [0.15, 0.2) is 6.20 Å². The van der Waals surface area contributed by atoms with Crippen LogP contribution in [0.25, 0.3) is 0 Å². The van der Waals surface area contributed by atoms with Crippen molar-refractivity contribution < 1.29 is 4.79 Å². The molecule has 4 heteroatoms. The predicted octanol–water partition coefficient (Wildman–Crippen LogP) is 3.54. The lowest BCUT2D eigenvalue weighted by atomic mass is 9.89. The summed E-state index contributed by atoms with van der Waals surface area (Å²) in [5.74, 6) is 1.11. The van der Waals surface area contributed by atoms with E-state index in [0.29, 0.717) is 5.92 Å². The first-order valence-electron chi connectivity index (χ1n) is 6.59. The zero-order chi connectivity index (χ0) is 11.7.